The Kier molecular flexibility index (Phi) is 3.93. The normalized spacial score (nSPS) is 18.6. The highest BCUT2D eigenvalue weighted by atomic mass is 16.5. The Morgan fingerprint density at radius 3 is 2.90 bits per heavy atom. The zero-order valence-corrected chi connectivity index (χ0v) is 12.5. The van der Waals surface area contributed by atoms with Crippen LogP contribution in [0.2, 0.25) is 0 Å². The zero-order valence-electron chi connectivity index (χ0n) is 12.5. The van der Waals surface area contributed by atoms with E-state index in [1.54, 1.807) is 0 Å². The first-order valence-electron chi connectivity index (χ1n) is 7.53. The quantitative estimate of drug-likeness (QED) is 0.931. The van der Waals surface area contributed by atoms with Gasteiger partial charge >= 0.3 is 0 Å². The van der Waals surface area contributed by atoms with Crippen LogP contribution in [0.4, 0.5) is 0 Å². The van der Waals surface area contributed by atoms with Gasteiger partial charge < -0.3 is 9.84 Å². The third-order valence-corrected chi connectivity index (χ3v) is 3.95. The van der Waals surface area contributed by atoms with Crippen LogP contribution >= 0.6 is 0 Å². The average Bonchev–Trinajstić information content (AvgIpc) is 2.90. The van der Waals surface area contributed by atoms with Crippen LogP contribution in [0, 0.1) is 0 Å². The number of hydrogen-bond acceptors (Lipinski definition) is 3. The van der Waals surface area contributed by atoms with Gasteiger partial charge in [0.05, 0.1) is 12.2 Å². The number of nitrogens with zero attached hydrogens (tertiary/aromatic N) is 1. The lowest BCUT2D eigenvalue weighted by Gasteiger charge is -2.20. The van der Waals surface area contributed by atoms with Gasteiger partial charge in [-0.3, -0.25) is 4.98 Å². The van der Waals surface area contributed by atoms with Gasteiger partial charge in [0.25, 0.3) is 0 Å². The Morgan fingerprint density at radius 2 is 2.10 bits per heavy atom. The van der Waals surface area contributed by atoms with Crippen molar-refractivity contribution in [1.82, 2.24) is 4.98 Å². The van der Waals surface area contributed by atoms with Crippen molar-refractivity contribution in [2.75, 3.05) is 0 Å². The average molecular weight is 283 g/mol. The van der Waals surface area contributed by atoms with E-state index in [-0.39, 0.29) is 12.0 Å². The predicted molar refractivity (Wildman–Crippen MR) is 82.5 cm³/mol. The first-order chi connectivity index (χ1) is 10.1. The topological polar surface area (TPSA) is 42.4 Å². The van der Waals surface area contributed by atoms with Crippen molar-refractivity contribution in [3.05, 3.63) is 59.4 Å². The molecule has 2 atom stereocenters. The summed E-state index contributed by atoms with van der Waals surface area (Å²) in [5.41, 5.74) is 3.20. The molecule has 0 saturated carbocycles. The number of rotatable bonds is 4. The largest absolute Gasteiger partial charge is 0.491 e. The zero-order chi connectivity index (χ0) is 14.8. The van der Waals surface area contributed by atoms with Gasteiger partial charge in [0.2, 0.25) is 0 Å². The molecule has 0 saturated heterocycles. The van der Waals surface area contributed by atoms with Crippen LogP contribution in [0.25, 0.3) is 0 Å². The monoisotopic (exact) mass is 283 g/mol. The molecule has 1 aromatic heterocycles. The van der Waals surface area contributed by atoms with Crippen molar-refractivity contribution in [3.8, 4) is 5.75 Å². The molecule has 0 spiro atoms. The minimum atomic E-state index is -0.531. The smallest absolute Gasteiger partial charge is 0.120 e. The molecule has 3 rings (SSSR count). The molecule has 0 bridgehead atoms. The van der Waals surface area contributed by atoms with Gasteiger partial charge in [-0.05, 0) is 56.0 Å². The Hall–Kier alpha value is -1.87. The summed E-state index contributed by atoms with van der Waals surface area (Å²) in [6.07, 6.45) is 3.35. The van der Waals surface area contributed by atoms with Crippen molar-refractivity contribution in [2.24, 2.45) is 0 Å². The molecular weight excluding hydrogens is 262 g/mol. The molecule has 2 unspecified atom stereocenters. The minimum Gasteiger partial charge on any atom is -0.491 e. The van der Waals surface area contributed by atoms with E-state index in [2.05, 4.69) is 11.1 Å². The first-order valence-corrected chi connectivity index (χ1v) is 7.53. The minimum absolute atomic E-state index is 0.0792. The van der Waals surface area contributed by atoms with E-state index in [9.17, 15) is 5.11 Å². The lowest BCUT2D eigenvalue weighted by atomic mass is 9.93. The molecule has 3 heteroatoms. The molecule has 0 radical (unpaired) electrons. The van der Waals surface area contributed by atoms with Crippen LogP contribution in [0.15, 0.2) is 42.6 Å². The summed E-state index contributed by atoms with van der Waals surface area (Å²) in [6.45, 7) is 4.00. The fourth-order valence-electron chi connectivity index (χ4n) is 3.03. The van der Waals surface area contributed by atoms with Crippen molar-refractivity contribution >= 4 is 0 Å². The lowest BCUT2D eigenvalue weighted by Crippen LogP contribution is -2.10. The summed E-state index contributed by atoms with van der Waals surface area (Å²) in [4.78, 5) is 4.47. The molecule has 1 heterocycles. The van der Waals surface area contributed by atoms with E-state index < -0.39 is 6.10 Å². The van der Waals surface area contributed by atoms with Gasteiger partial charge in [0.15, 0.2) is 0 Å². The van der Waals surface area contributed by atoms with Crippen LogP contribution in [0.1, 0.15) is 49.1 Å². The third kappa shape index (κ3) is 2.93. The van der Waals surface area contributed by atoms with E-state index >= 15 is 0 Å². The molecule has 1 aromatic carbocycles. The van der Waals surface area contributed by atoms with Crippen LogP contribution < -0.4 is 4.74 Å². The highest BCUT2D eigenvalue weighted by molar-refractivity contribution is 5.35. The van der Waals surface area contributed by atoms with E-state index in [1.807, 2.05) is 50.4 Å². The fraction of sp³-hybridized carbons (Fsp3) is 0.389. The van der Waals surface area contributed by atoms with E-state index in [0.29, 0.717) is 0 Å². The summed E-state index contributed by atoms with van der Waals surface area (Å²) in [6, 6.07) is 11.8. The molecule has 0 amide bonds. The second-order valence-corrected chi connectivity index (χ2v) is 5.88. The maximum absolute atomic E-state index is 10.7. The summed E-state index contributed by atoms with van der Waals surface area (Å²) in [5.74, 6) is 0.885. The van der Waals surface area contributed by atoms with Gasteiger partial charge in [-0.25, -0.2) is 0 Å². The number of aromatic nitrogens is 1. The van der Waals surface area contributed by atoms with Crippen LogP contribution in [0.3, 0.4) is 0 Å². The number of hydrogen-bond donors (Lipinski definition) is 1. The van der Waals surface area contributed by atoms with Crippen molar-refractivity contribution in [1.29, 1.82) is 0 Å². The van der Waals surface area contributed by atoms with E-state index in [1.165, 1.54) is 5.56 Å². The van der Waals surface area contributed by atoms with E-state index in [0.717, 1.165) is 29.8 Å². The SMILES string of the molecule is CC(C)Oc1cccc(C(O)C2CCc3cccnc32)c1. The van der Waals surface area contributed by atoms with Crippen molar-refractivity contribution in [3.63, 3.8) is 0 Å². The number of ether oxygens (including phenoxy) is 1. The van der Waals surface area contributed by atoms with Crippen LogP contribution in [-0.4, -0.2) is 16.2 Å². The van der Waals surface area contributed by atoms with Crippen LogP contribution in [0.5, 0.6) is 5.75 Å². The molecule has 2 aromatic rings. The molecule has 0 fully saturated rings. The summed E-state index contributed by atoms with van der Waals surface area (Å²) >= 11 is 0. The molecular formula is C18H21NO2. The van der Waals surface area contributed by atoms with Gasteiger partial charge in [0.1, 0.15) is 5.75 Å². The molecule has 0 aliphatic heterocycles. The predicted octanol–water partition coefficient (Wildman–Crippen LogP) is 3.63. The molecule has 1 N–H and O–H groups in total. The number of aliphatic hydroxyl groups excluding tert-OH is 1. The number of benzene rings is 1. The second-order valence-electron chi connectivity index (χ2n) is 5.88. The molecule has 3 nitrogen and oxygen atoms in total. The standard InChI is InChI=1S/C18H21NO2/c1-12(2)21-15-7-3-5-14(11-15)18(20)16-9-8-13-6-4-10-19-17(13)16/h3-7,10-12,16,18,20H,8-9H2,1-2H3. The molecule has 21 heavy (non-hydrogen) atoms. The van der Waals surface area contributed by atoms with Crippen LogP contribution in [-0.2, 0) is 6.42 Å². The first kappa shape index (κ1) is 14.1. The summed E-state index contributed by atoms with van der Waals surface area (Å²) in [5, 5.41) is 10.7. The number of fused-ring (bicyclic) bond motifs is 1. The highest BCUT2D eigenvalue weighted by Crippen LogP contribution is 2.40. The fourth-order valence-corrected chi connectivity index (χ4v) is 3.03. The third-order valence-electron chi connectivity index (χ3n) is 3.95. The lowest BCUT2D eigenvalue weighted by molar-refractivity contribution is 0.142. The van der Waals surface area contributed by atoms with Gasteiger partial charge in [-0.15, -0.1) is 0 Å². The number of pyridine rings is 1. The van der Waals surface area contributed by atoms with Gasteiger partial charge in [-0.1, -0.05) is 18.2 Å². The highest BCUT2D eigenvalue weighted by Gasteiger charge is 2.30. The molecule has 1 aliphatic rings. The Morgan fingerprint density at radius 1 is 1.24 bits per heavy atom. The maximum Gasteiger partial charge on any atom is 0.120 e. The summed E-state index contributed by atoms with van der Waals surface area (Å²) < 4.78 is 5.71. The molecule has 1 aliphatic carbocycles. The number of aliphatic hydroxyl groups is 1. The van der Waals surface area contributed by atoms with Gasteiger partial charge in [0, 0.05) is 17.8 Å². The van der Waals surface area contributed by atoms with Crippen molar-refractivity contribution < 1.29 is 9.84 Å². The molecule has 110 valence electrons. The number of aryl methyl sites for hydroxylation is 1. The summed E-state index contributed by atoms with van der Waals surface area (Å²) in [7, 11) is 0. The second kappa shape index (κ2) is 5.86. The van der Waals surface area contributed by atoms with E-state index in [4.69, 9.17) is 4.74 Å². The maximum atomic E-state index is 10.7. The van der Waals surface area contributed by atoms with Gasteiger partial charge in [-0.2, -0.15) is 0 Å². The van der Waals surface area contributed by atoms with Crippen molar-refractivity contribution in [2.45, 2.75) is 44.8 Å². The Labute approximate surface area is 125 Å². The Balaban J connectivity index is 1.84. The Bertz CT molecular complexity index is 624.